The van der Waals surface area contributed by atoms with Crippen molar-refractivity contribution >= 4 is 39.6 Å². The summed E-state index contributed by atoms with van der Waals surface area (Å²) in [5, 5.41) is 12.0. The second kappa shape index (κ2) is 8.72. The summed E-state index contributed by atoms with van der Waals surface area (Å²) in [5.74, 6) is -1.65. The van der Waals surface area contributed by atoms with E-state index in [9.17, 15) is 24.3 Å². The van der Waals surface area contributed by atoms with Crippen LogP contribution in [0.4, 0.5) is 0 Å². The van der Waals surface area contributed by atoms with E-state index in [1.165, 1.54) is 22.3 Å². The van der Waals surface area contributed by atoms with Crippen molar-refractivity contribution in [1.82, 2.24) is 9.13 Å². The quantitative estimate of drug-likeness (QED) is 0.273. The van der Waals surface area contributed by atoms with Crippen LogP contribution in [-0.2, 0) is 29.0 Å². The predicted molar refractivity (Wildman–Crippen MR) is 132 cm³/mol. The SMILES string of the molecule is COC(=O)Cn1c(=O)c(/C=C/C(=O)c2c(O)c3cccc4c3n(c2=O)CCC4)cc2ccccc21. The Balaban J connectivity index is 1.61. The fraction of sp³-hybridized carbons (Fsp3) is 0.185. The normalized spacial score (nSPS) is 12.9. The van der Waals surface area contributed by atoms with E-state index in [-0.39, 0.29) is 23.4 Å². The number of ether oxygens (including phenoxy) is 1. The maximum atomic E-state index is 13.2. The number of pyridine rings is 2. The zero-order valence-electron chi connectivity index (χ0n) is 19.0. The van der Waals surface area contributed by atoms with E-state index in [0.717, 1.165) is 24.5 Å². The first-order valence-electron chi connectivity index (χ1n) is 11.2. The Morgan fingerprint density at radius 1 is 1.09 bits per heavy atom. The number of benzene rings is 2. The third-order valence-corrected chi connectivity index (χ3v) is 6.37. The molecule has 0 saturated carbocycles. The van der Waals surface area contributed by atoms with Gasteiger partial charge in [-0.1, -0.05) is 30.3 Å². The molecule has 1 N–H and O–H groups in total. The van der Waals surface area contributed by atoms with E-state index >= 15 is 0 Å². The Kier molecular flexibility index (Phi) is 5.56. The number of para-hydroxylation sites is 2. The Hall–Kier alpha value is -4.46. The van der Waals surface area contributed by atoms with E-state index in [4.69, 9.17) is 4.74 Å². The number of hydrogen-bond donors (Lipinski definition) is 1. The Morgan fingerprint density at radius 3 is 2.69 bits per heavy atom. The average Bonchev–Trinajstić information content (AvgIpc) is 2.87. The molecule has 0 atom stereocenters. The highest BCUT2D eigenvalue weighted by atomic mass is 16.5. The molecular weight excluding hydrogens is 448 g/mol. The molecule has 0 fully saturated rings. The molecule has 5 rings (SSSR count). The van der Waals surface area contributed by atoms with E-state index in [0.29, 0.717) is 28.4 Å². The van der Waals surface area contributed by atoms with Gasteiger partial charge in [-0.25, -0.2) is 0 Å². The number of carbonyl (C=O) groups excluding carboxylic acids is 2. The first-order valence-corrected chi connectivity index (χ1v) is 11.2. The van der Waals surface area contributed by atoms with Crippen LogP contribution in [0.1, 0.15) is 27.9 Å². The monoisotopic (exact) mass is 470 g/mol. The summed E-state index contributed by atoms with van der Waals surface area (Å²) in [6.07, 6.45) is 3.97. The van der Waals surface area contributed by atoms with Crippen LogP contribution in [0.3, 0.4) is 0 Å². The molecule has 0 spiro atoms. The van der Waals surface area contributed by atoms with Gasteiger partial charge in [0, 0.05) is 17.5 Å². The van der Waals surface area contributed by atoms with Crippen LogP contribution in [0, 0.1) is 0 Å². The number of rotatable bonds is 5. The number of nitrogens with zero attached hydrogens (tertiary/aromatic N) is 2. The van der Waals surface area contributed by atoms with Crippen molar-refractivity contribution in [3.8, 4) is 5.75 Å². The lowest BCUT2D eigenvalue weighted by Gasteiger charge is -2.20. The number of ketones is 1. The van der Waals surface area contributed by atoms with Crippen molar-refractivity contribution in [1.29, 1.82) is 0 Å². The first-order chi connectivity index (χ1) is 16.9. The standard InChI is InChI=1S/C27H22N2O6/c1-35-22(31)15-29-20-10-3-2-6-17(20)14-18(26(29)33)11-12-21(30)23-25(32)19-9-4-7-16-8-5-13-28(24(16)19)27(23)34/h2-4,6-7,9-12,14,32H,5,8,13,15H2,1H3/b12-11+. The van der Waals surface area contributed by atoms with E-state index in [1.54, 1.807) is 42.5 Å². The highest BCUT2D eigenvalue weighted by molar-refractivity contribution is 6.11. The number of allylic oxidation sites excluding steroid dienone is 1. The predicted octanol–water partition coefficient (Wildman–Crippen LogP) is 3.04. The third kappa shape index (κ3) is 3.73. The highest BCUT2D eigenvalue weighted by Gasteiger charge is 2.24. The minimum atomic E-state index is -0.707. The molecule has 0 bridgehead atoms. The average molecular weight is 470 g/mol. The van der Waals surface area contributed by atoms with Gasteiger partial charge in [-0.05, 0) is 54.1 Å². The lowest BCUT2D eigenvalue weighted by atomic mass is 9.98. The molecule has 35 heavy (non-hydrogen) atoms. The van der Waals surface area contributed by atoms with Crippen molar-refractivity contribution < 1.29 is 19.4 Å². The Labute approximate surface area is 199 Å². The van der Waals surface area contributed by atoms with Gasteiger partial charge in [0.05, 0.1) is 18.1 Å². The van der Waals surface area contributed by atoms with Crippen LogP contribution >= 0.6 is 0 Å². The molecular formula is C27H22N2O6. The highest BCUT2D eigenvalue weighted by Crippen LogP contribution is 2.31. The number of methoxy groups -OCH3 is 1. The fourth-order valence-electron chi connectivity index (χ4n) is 4.71. The van der Waals surface area contributed by atoms with Crippen LogP contribution in [-0.4, -0.2) is 33.1 Å². The van der Waals surface area contributed by atoms with Crippen molar-refractivity contribution in [2.45, 2.75) is 25.9 Å². The van der Waals surface area contributed by atoms with E-state index < -0.39 is 22.9 Å². The van der Waals surface area contributed by atoms with E-state index in [1.807, 2.05) is 6.07 Å². The number of hydrogen-bond acceptors (Lipinski definition) is 6. The molecule has 1 aliphatic rings. The van der Waals surface area contributed by atoms with Gasteiger partial charge in [-0.3, -0.25) is 23.7 Å². The zero-order chi connectivity index (χ0) is 24.7. The second-order valence-electron chi connectivity index (χ2n) is 8.42. The second-order valence-corrected chi connectivity index (χ2v) is 8.42. The van der Waals surface area contributed by atoms with Gasteiger partial charge in [0.1, 0.15) is 17.9 Å². The Morgan fingerprint density at radius 2 is 1.89 bits per heavy atom. The van der Waals surface area contributed by atoms with Crippen molar-refractivity contribution in [3.05, 3.63) is 92.0 Å². The number of aryl methyl sites for hydroxylation is 2. The molecule has 3 heterocycles. The summed E-state index contributed by atoms with van der Waals surface area (Å²) in [6.45, 7) is 0.170. The number of carbonyl (C=O) groups is 2. The molecule has 4 aromatic rings. The maximum absolute atomic E-state index is 13.2. The number of esters is 1. The maximum Gasteiger partial charge on any atom is 0.325 e. The topological polar surface area (TPSA) is 108 Å². The minimum Gasteiger partial charge on any atom is -0.506 e. The van der Waals surface area contributed by atoms with Gasteiger partial charge >= 0.3 is 5.97 Å². The van der Waals surface area contributed by atoms with Gasteiger partial charge in [-0.15, -0.1) is 0 Å². The summed E-state index contributed by atoms with van der Waals surface area (Å²) in [5.41, 5.74) is 0.941. The first kappa shape index (κ1) is 22.3. The fourth-order valence-corrected chi connectivity index (χ4v) is 4.71. The molecule has 8 heteroatoms. The number of aromatic hydroxyl groups is 1. The van der Waals surface area contributed by atoms with Gasteiger partial charge in [0.15, 0.2) is 5.78 Å². The molecule has 2 aromatic heterocycles. The van der Waals surface area contributed by atoms with Crippen LogP contribution in [0.5, 0.6) is 5.75 Å². The van der Waals surface area contributed by atoms with E-state index in [2.05, 4.69) is 0 Å². The molecule has 0 saturated heterocycles. The summed E-state index contributed by atoms with van der Waals surface area (Å²) in [7, 11) is 1.24. The molecule has 8 nitrogen and oxygen atoms in total. The molecule has 0 aliphatic carbocycles. The molecule has 1 aliphatic heterocycles. The summed E-state index contributed by atoms with van der Waals surface area (Å²) in [6, 6.07) is 14.0. The van der Waals surface area contributed by atoms with Crippen molar-refractivity contribution in [2.24, 2.45) is 0 Å². The van der Waals surface area contributed by atoms with Crippen LogP contribution in [0.2, 0.25) is 0 Å². The van der Waals surface area contributed by atoms with Crippen LogP contribution < -0.4 is 11.1 Å². The molecule has 176 valence electrons. The van der Waals surface area contributed by atoms with Crippen LogP contribution in [0.15, 0.2) is 64.2 Å². The van der Waals surface area contributed by atoms with Crippen LogP contribution in [0.25, 0.3) is 27.9 Å². The third-order valence-electron chi connectivity index (χ3n) is 6.37. The number of aromatic nitrogens is 2. The lowest BCUT2D eigenvalue weighted by Crippen LogP contribution is -2.29. The summed E-state index contributed by atoms with van der Waals surface area (Å²) in [4.78, 5) is 51.3. The molecule has 2 aromatic carbocycles. The van der Waals surface area contributed by atoms with Gasteiger partial charge in [0.2, 0.25) is 0 Å². The summed E-state index contributed by atoms with van der Waals surface area (Å²) < 4.78 is 7.53. The smallest absolute Gasteiger partial charge is 0.325 e. The minimum absolute atomic E-state index is 0.157. The van der Waals surface area contributed by atoms with Gasteiger partial charge < -0.3 is 14.4 Å². The summed E-state index contributed by atoms with van der Waals surface area (Å²) >= 11 is 0. The number of fused-ring (bicyclic) bond motifs is 1. The van der Waals surface area contributed by atoms with Crippen molar-refractivity contribution in [3.63, 3.8) is 0 Å². The van der Waals surface area contributed by atoms with Gasteiger partial charge in [0.25, 0.3) is 11.1 Å². The van der Waals surface area contributed by atoms with Gasteiger partial charge in [-0.2, -0.15) is 0 Å². The molecule has 0 radical (unpaired) electrons. The van der Waals surface area contributed by atoms with Crippen molar-refractivity contribution in [2.75, 3.05) is 7.11 Å². The zero-order valence-corrected chi connectivity index (χ0v) is 19.0. The largest absolute Gasteiger partial charge is 0.506 e. The lowest BCUT2D eigenvalue weighted by molar-refractivity contribution is -0.141. The molecule has 0 amide bonds. The Bertz CT molecular complexity index is 1680. The molecule has 0 unspecified atom stereocenters.